The number of ether oxygens (including phenoxy) is 1. The zero-order chi connectivity index (χ0) is 30.2. The zero-order valence-corrected chi connectivity index (χ0v) is 25.6. The third-order valence-corrected chi connectivity index (χ3v) is 10.9. The number of carbonyl (C=O) groups excluding carboxylic acids is 4. The number of hydrogen-bond donors (Lipinski definition) is 3. The number of carbonyl (C=O) groups is 4. The molecule has 214 valence electrons. The first-order valence-corrected chi connectivity index (χ1v) is 14.8. The predicted molar refractivity (Wildman–Crippen MR) is 160 cm³/mol. The minimum atomic E-state index is -1.77. The maximum Gasteiger partial charge on any atom is 0.488 e. The number of nitrogens with zero attached hydrogens (tertiary/aromatic N) is 1. The molecule has 2 aromatic rings. The number of Topliss-reactive ketones (excluding diaryl/α,β-unsaturated/α-hetero) is 1. The Kier molecular flexibility index (Phi) is 7.16. The molecule has 6 rings (SSSR count). The molecule has 0 saturated carbocycles. The molecule has 0 aromatic heterocycles. The lowest BCUT2D eigenvalue weighted by molar-refractivity contribution is -0.123. The molecule has 0 bridgehead atoms. The molecule has 1 saturated heterocycles. The summed E-state index contributed by atoms with van der Waals surface area (Å²) in [6, 6.07) is 7.59. The fourth-order valence-corrected chi connectivity index (χ4v) is 7.75. The summed E-state index contributed by atoms with van der Waals surface area (Å²) in [6.07, 6.45) is 3.58. The van der Waals surface area contributed by atoms with Crippen molar-refractivity contribution in [3.8, 4) is 11.5 Å². The van der Waals surface area contributed by atoms with Gasteiger partial charge in [-0.15, -0.1) is 0 Å². The van der Waals surface area contributed by atoms with Crippen LogP contribution >= 0.6 is 31.9 Å². The summed E-state index contributed by atoms with van der Waals surface area (Å²) in [5.74, 6) is -4.22. The van der Waals surface area contributed by atoms with Gasteiger partial charge < -0.3 is 19.9 Å². The molecular weight excluding hydrogens is 673 g/mol. The molecule has 0 unspecified atom stereocenters. The third kappa shape index (κ3) is 4.18. The molecule has 4 atom stereocenters. The summed E-state index contributed by atoms with van der Waals surface area (Å²) in [5.41, 5.74) is 2.60. The number of phenolic OH excluding ortho intramolecular Hbond substituents is 1. The van der Waals surface area contributed by atoms with Crippen LogP contribution in [-0.4, -0.2) is 52.8 Å². The van der Waals surface area contributed by atoms with Crippen LogP contribution in [0.4, 0.5) is 5.69 Å². The number of amides is 2. The Morgan fingerprint density at radius 3 is 2.45 bits per heavy atom. The molecule has 2 aromatic carbocycles. The molecule has 1 heterocycles. The number of halogens is 2. The number of benzene rings is 2. The molecule has 9 nitrogen and oxygen atoms in total. The van der Waals surface area contributed by atoms with Crippen LogP contribution in [0.15, 0.2) is 73.7 Å². The van der Waals surface area contributed by atoms with Crippen LogP contribution in [0.1, 0.15) is 31.2 Å². The second kappa shape index (κ2) is 10.4. The summed E-state index contributed by atoms with van der Waals surface area (Å²) in [6.45, 7) is 1.58. The van der Waals surface area contributed by atoms with Crippen LogP contribution in [0.25, 0.3) is 0 Å². The molecule has 3 N–H and O–H groups in total. The Labute approximate surface area is 257 Å². The lowest BCUT2D eigenvalue weighted by Gasteiger charge is -2.42. The monoisotopic (exact) mass is 695 g/mol. The fourth-order valence-electron chi connectivity index (χ4n) is 6.79. The average molecular weight is 697 g/mol. The van der Waals surface area contributed by atoms with Crippen LogP contribution < -0.4 is 15.1 Å². The van der Waals surface area contributed by atoms with Crippen molar-refractivity contribution in [3.05, 3.63) is 79.3 Å². The highest BCUT2D eigenvalue weighted by atomic mass is 79.9. The lowest BCUT2D eigenvalue weighted by atomic mass is 9.59. The Bertz CT molecular complexity index is 1710. The van der Waals surface area contributed by atoms with E-state index < -0.39 is 42.6 Å². The van der Waals surface area contributed by atoms with Crippen LogP contribution in [-0.2, 0) is 19.2 Å². The minimum Gasteiger partial charge on any atom is -0.503 e. The second-order valence-electron chi connectivity index (χ2n) is 10.9. The number of allylic oxidation sites excluding steroid dienone is 6. The van der Waals surface area contributed by atoms with Gasteiger partial charge in [-0.3, -0.25) is 24.1 Å². The predicted octanol–water partition coefficient (Wildman–Crippen LogP) is 3.24. The van der Waals surface area contributed by atoms with Gasteiger partial charge in [0.05, 0.1) is 29.1 Å². The number of imide groups is 1. The van der Waals surface area contributed by atoms with Gasteiger partial charge in [-0.25, -0.2) is 0 Å². The average Bonchev–Trinajstić information content (AvgIpc) is 3.23. The van der Waals surface area contributed by atoms with Crippen molar-refractivity contribution in [2.24, 2.45) is 17.8 Å². The van der Waals surface area contributed by atoms with Gasteiger partial charge >= 0.3 is 7.12 Å². The number of hydrogen-bond acceptors (Lipinski definition) is 8. The summed E-state index contributed by atoms with van der Waals surface area (Å²) >= 11 is 6.95. The first-order valence-electron chi connectivity index (χ1n) is 13.2. The standard InChI is InChI=1S/C30H24BBr2NO8/c1-12-8-20(35)24-19(27(12)36)10-17-15(22(24)18-11-21(42-2)28(37)26(33)25(18)32)6-7-16-23(17)30(39)34(29(16)38)14-5-3-4-13(9-14)31(40)41/h3-6,8-9,11,16-17,22-23,37,40-41H,7,10H2,1-2H3/t16-,17+,22+,23-/m0/s1. The van der Waals surface area contributed by atoms with Crippen LogP contribution in [0.5, 0.6) is 11.5 Å². The number of fused-ring (bicyclic) bond motifs is 3. The number of phenols is 1. The molecule has 1 aliphatic heterocycles. The van der Waals surface area contributed by atoms with Gasteiger partial charge in [-0.2, -0.15) is 0 Å². The van der Waals surface area contributed by atoms with Crippen molar-refractivity contribution >= 4 is 73.5 Å². The SMILES string of the molecule is COc1cc([C@H]2C3=CC[C@@H]4C(=O)N(c5cccc(B(O)O)c5)C(=O)[C@@H]4[C@@H]3CC3=C2C(=O)C=C(C)C3=O)c(Br)c(Br)c1O. The Hall–Kier alpha value is -3.32. The minimum absolute atomic E-state index is 0.116. The van der Waals surface area contributed by atoms with E-state index in [4.69, 9.17) is 4.74 Å². The lowest BCUT2D eigenvalue weighted by Crippen LogP contribution is -2.40. The maximum absolute atomic E-state index is 14.1. The molecule has 3 aliphatic carbocycles. The van der Waals surface area contributed by atoms with E-state index in [2.05, 4.69) is 31.9 Å². The first kappa shape index (κ1) is 28.8. The van der Waals surface area contributed by atoms with Crippen LogP contribution in [0.2, 0.25) is 0 Å². The zero-order valence-electron chi connectivity index (χ0n) is 22.4. The van der Waals surface area contributed by atoms with Crippen molar-refractivity contribution in [2.75, 3.05) is 12.0 Å². The van der Waals surface area contributed by atoms with E-state index in [1.54, 1.807) is 25.1 Å². The van der Waals surface area contributed by atoms with Crippen LogP contribution in [0, 0.1) is 17.8 Å². The summed E-state index contributed by atoms with van der Waals surface area (Å²) < 4.78 is 6.17. The molecule has 1 fully saturated rings. The van der Waals surface area contributed by atoms with E-state index in [0.717, 1.165) is 10.5 Å². The third-order valence-electron chi connectivity index (χ3n) is 8.69. The quantitative estimate of drug-likeness (QED) is 0.192. The van der Waals surface area contributed by atoms with Gasteiger partial charge in [-0.05, 0) is 92.8 Å². The molecule has 2 amide bonds. The number of aromatic hydroxyl groups is 1. The van der Waals surface area contributed by atoms with E-state index in [1.807, 2.05) is 6.08 Å². The molecule has 4 aliphatic rings. The molecule has 12 heteroatoms. The Morgan fingerprint density at radius 1 is 1.02 bits per heavy atom. The van der Waals surface area contributed by atoms with Crippen LogP contribution in [0.3, 0.4) is 0 Å². The highest BCUT2D eigenvalue weighted by Crippen LogP contribution is 2.57. The van der Waals surface area contributed by atoms with E-state index >= 15 is 0 Å². The van der Waals surface area contributed by atoms with Crippen molar-refractivity contribution < 1.29 is 39.1 Å². The number of anilines is 1. The van der Waals surface area contributed by atoms with Gasteiger partial charge in [-0.1, -0.05) is 23.8 Å². The highest BCUT2D eigenvalue weighted by Gasteiger charge is 2.57. The fraction of sp³-hybridized carbons (Fsp3) is 0.267. The van der Waals surface area contributed by atoms with Gasteiger partial charge in [0.2, 0.25) is 11.8 Å². The smallest absolute Gasteiger partial charge is 0.488 e. The summed E-state index contributed by atoms with van der Waals surface area (Å²) in [5, 5.41) is 29.9. The molecule has 0 spiro atoms. The van der Waals surface area contributed by atoms with Gasteiger partial charge in [0.25, 0.3) is 0 Å². The van der Waals surface area contributed by atoms with Crippen molar-refractivity contribution in [2.45, 2.75) is 25.7 Å². The van der Waals surface area contributed by atoms with Crippen molar-refractivity contribution in [1.29, 1.82) is 0 Å². The Morgan fingerprint density at radius 2 is 1.76 bits per heavy atom. The number of rotatable bonds is 4. The Balaban J connectivity index is 1.51. The largest absolute Gasteiger partial charge is 0.503 e. The normalized spacial score (nSPS) is 25.1. The van der Waals surface area contributed by atoms with E-state index in [1.165, 1.54) is 25.3 Å². The molecule has 0 radical (unpaired) electrons. The molecule has 42 heavy (non-hydrogen) atoms. The van der Waals surface area contributed by atoms with Gasteiger partial charge in [0, 0.05) is 27.1 Å². The van der Waals surface area contributed by atoms with E-state index in [-0.39, 0.29) is 47.1 Å². The first-order chi connectivity index (χ1) is 20.0. The van der Waals surface area contributed by atoms with E-state index in [0.29, 0.717) is 31.2 Å². The summed E-state index contributed by atoms with van der Waals surface area (Å²) in [7, 11) is -0.370. The highest BCUT2D eigenvalue weighted by molar-refractivity contribution is 9.13. The molecular formula is C30H24BBr2NO8. The maximum atomic E-state index is 14.1. The van der Waals surface area contributed by atoms with Crippen molar-refractivity contribution in [1.82, 2.24) is 0 Å². The van der Waals surface area contributed by atoms with Gasteiger partial charge in [0.15, 0.2) is 23.1 Å². The van der Waals surface area contributed by atoms with Gasteiger partial charge in [0.1, 0.15) is 0 Å². The summed E-state index contributed by atoms with van der Waals surface area (Å²) in [4.78, 5) is 55.9. The van der Waals surface area contributed by atoms with E-state index in [9.17, 15) is 34.3 Å². The second-order valence-corrected chi connectivity index (χ2v) is 12.4. The number of ketones is 2. The van der Waals surface area contributed by atoms with Crippen molar-refractivity contribution in [3.63, 3.8) is 0 Å². The topological polar surface area (TPSA) is 141 Å². The number of methoxy groups -OCH3 is 1.